The van der Waals surface area contributed by atoms with Crippen molar-refractivity contribution < 1.29 is 130 Å². The van der Waals surface area contributed by atoms with Crippen molar-refractivity contribution in [1.82, 2.24) is 5.12 Å². The Morgan fingerprint density at radius 2 is 1.80 bits per heavy atom. The van der Waals surface area contributed by atoms with Crippen molar-refractivity contribution in [1.29, 1.82) is 0 Å². The Morgan fingerprint density at radius 3 is 2.13 bits per heavy atom. The molecule has 0 saturated heterocycles. The minimum Gasteiger partial charge on any atom is -0.889 e. The van der Waals surface area contributed by atoms with Crippen LogP contribution in [0.1, 0.15) is 0 Å². The largest absolute Gasteiger partial charge is 1.00 e. The molecule has 1 heterocycles. The zero-order valence-electron chi connectivity index (χ0n) is 7.88. The third-order valence-electron chi connectivity index (χ3n) is 1.36. The normalized spacial score (nSPS) is 24.5. The van der Waals surface area contributed by atoms with E-state index in [1.807, 2.05) is 0 Å². The Kier molecular flexibility index (Phi) is 9.87. The topological polar surface area (TPSA) is 61.7 Å². The molecule has 0 bridgehead atoms. The molecule has 1 aliphatic rings. The van der Waals surface area contributed by atoms with Crippen LogP contribution in [0.25, 0.3) is 0 Å². The molecular weight excluding hydrogens is 273 g/mol. The molecule has 0 radical (unpaired) electrons. The first-order valence-corrected chi connectivity index (χ1v) is 2.96. The van der Waals surface area contributed by atoms with E-state index in [1.54, 1.807) is 0 Å². The fourth-order valence-electron chi connectivity index (χ4n) is 0.677. The van der Waals surface area contributed by atoms with Gasteiger partial charge >= 0.3 is 103 Å². The average molecular weight is 274 g/mol. The van der Waals surface area contributed by atoms with Gasteiger partial charge in [-0.1, -0.05) is 4.48 Å². The van der Waals surface area contributed by atoms with E-state index in [0.29, 0.717) is 0 Å². The average Bonchev–Trinajstić information content (AvgIpc) is 2.08. The maximum Gasteiger partial charge on any atom is 1.00 e. The molecule has 72 valence electrons. The third kappa shape index (κ3) is 3.82. The van der Waals surface area contributed by atoms with Gasteiger partial charge in [0.15, 0.2) is 0 Å². The van der Waals surface area contributed by atoms with Crippen molar-refractivity contribution in [3.8, 4) is 0 Å². The summed E-state index contributed by atoms with van der Waals surface area (Å²) in [6, 6.07) is 0. The molecule has 0 aromatic heterocycles. The molecule has 4 nitrogen and oxygen atoms in total. The summed E-state index contributed by atoms with van der Waals surface area (Å²) >= 11 is 0. The quantitative estimate of drug-likeness (QED) is 0.206. The number of hydrogen-bond acceptors (Lipinski definition) is 4. The fourth-order valence-corrected chi connectivity index (χ4v) is 0.677. The van der Waals surface area contributed by atoms with Crippen molar-refractivity contribution in [2.24, 2.45) is 4.99 Å². The Balaban J connectivity index is 0. The zero-order valence-corrected chi connectivity index (χ0v) is 14.1. The van der Waals surface area contributed by atoms with Crippen molar-refractivity contribution in [3.05, 3.63) is 12.2 Å². The predicted molar refractivity (Wildman–Crippen MR) is 30.3 cm³/mol. The molecule has 1 atom stereocenters. The maximum atomic E-state index is 12.9. The molecule has 0 aromatic carbocycles. The molecule has 1 aliphatic heterocycles. The van der Waals surface area contributed by atoms with Crippen LogP contribution in [0, 0.1) is 0 Å². The number of halogens is 4. The summed E-state index contributed by atoms with van der Waals surface area (Å²) in [4.78, 5) is 2.39. The van der Waals surface area contributed by atoms with Crippen LogP contribution in [0.15, 0.2) is 17.1 Å². The smallest absolute Gasteiger partial charge is 0.889 e. The Bertz CT molecular complexity index is 292. The van der Waals surface area contributed by atoms with Crippen molar-refractivity contribution in [2.75, 3.05) is 0 Å². The van der Waals surface area contributed by atoms with Crippen molar-refractivity contribution in [3.63, 3.8) is 0 Å². The Hall–Kier alpha value is 2.19. The monoisotopic (exact) mass is 274 g/mol. The van der Waals surface area contributed by atoms with E-state index >= 15 is 0 Å². The van der Waals surface area contributed by atoms with E-state index < -0.39 is 29.8 Å². The van der Waals surface area contributed by atoms with E-state index in [2.05, 4.69) is 4.99 Å². The maximum absolute atomic E-state index is 12.9. The minimum atomic E-state index is -4.24. The molecule has 0 aromatic rings. The van der Waals surface area contributed by atoms with Crippen LogP contribution in [0.2, 0.25) is 0 Å². The van der Waals surface area contributed by atoms with Crippen molar-refractivity contribution in [2.45, 2.75) is 5.69 Å². The summed E-state index contributed by atoms with van der Waals surface area (Å²) in [6.45, 7) is 0. The van der Waals surface area contributed by atoms with Gasteiger partial charge in [-0.3, -0.25) is 0 Å². The van der Waals surface area contributed by atoms with Gasteiger partial charge in [0.05, 0.1) is 6.20 Å². The molecule has 0 fully saturated rings. The van der Waals surface area contributed by atoms with E-state index in [0.717, 1.165) is 0 Å². The summed E-state index contributed by atoms with van der Waals surface area (Å²) in [5.41, 5.74) is -4.24. The molecular formula is C4HBF4K2N2O2. The van der Waals surface area contributed by atoms with Gasteiger partial charge < -0.3 is 10.0 Å². The van der Waals surface area contributed by atoms with Gasteiger partial charge in [-0.05, 0) is 7.12 Å². The SMILES string of the molecule is [K+].[K+].[O-]B([O-])C1(F)C(F)=NC=C(F)N1F. The van der Waals surface area contributed by atoms with E-state index in [9.17, 15) is 27.7 Å². The second-order valence-electron chi connectivity index (χ2n) is 2.16. The van der Waals surface area contributed by atoms with Crippen LogP contribution in [-0.4, -0.2) is 23.9 Å². The van der Waals surface area contributed by atoms with Gasteiger partial charge in [-0.15, -0.1) is 5.12 Å². The van der Waals surface area contributed by atoms with E-state index in [4.69, 9.17) is 0 Å². The number of aliphatic imine (C=N–C) groups is 1. The molecule has 1 rings (SSSR count). The van der Waals surface area contributed by atoms with Crippen LogP contribution in [0.3, 0.4) is 0 Å². The zero-order chi connectivity index (χ0) is 10.2. The molecule has 11 heteroatoms. The fraction of sp³-hybridized carbons (Fsp3) is 0.250. The van der Waals surface area contributed by atoms with E-state index in [1.165, 1.54) is 0 Å². The van der Waals surface area contributed by atoms with Gasteiger partial charge in [0.1, 0.15) is 0 Å². The van der Waals surface area contributed by atoms with Crippen LogP contribution in [0.4, 0.5) is 17.7 Å². The summed E-state index contributed by atoms with van der Waals surface area (Å²) in [6.07, 6.45) is 0.00947. The summed E-state index contributed by atoms with van der Waals surface area (Å²) in [5, 5.41) is 18.6. The molecule has 1 unspecified atom stereocenters. The molecule has 0 saturated carbocycles. The minimum absolute atomic E-state index is 0. The molecule has 0 N–H and O–H groups in total. The molecule has 0 aliphatic carbocycles. The van der Waals surface area contributed by atoms with Gasteiger partial charge in [-0.2, -0.15) is 8.78 Å². The van der Waals surface area contributed by atoms with Gasteiger partial charge in [0, 0.05) is 0 Å². The number of hydrogen-bond donors (Lipinski definition) is 0. The Morgan fingerprint density at radius 1 is 1.33 bits per heavy atom. The number of nitrogens with zero attached hydrogens (tertiary/aromatic N) is 2. The summed E-state index contributed by atoms with van der Waals surface area (Å²) < 4.78 is 49.9. The molecule has 0 amide bonds. The molecule has 15 heavy (non-hydrogen) atoms. The second-order valence-corrected chi connectivity index (χ2v) is 2.16. The van der Waals surface area contributed by atoms with Gasteiger partial charge in [0.25, 0.3) is 0 Å². The number of alkyl halides is 1. The Labute approximate surface area is 168 Å². The van der Waals surface area contributed by atoms with Crippen LogP contribution < -0.4 is 113 Å². The predicted octanol–water partition coefficient (Wildman–Crippen LogP) is -7.26. The van der Waals surface area contributed by atoms with E-state index in [-0.39, 0.29) is 109 Å². The number of rotatable bonds is 1. The molecule has 0 spiro atoms. The van der Waals surface area contributed by atoms with Crippen LogP contribution >= 0.6 is 0 Å². The first-order chi connectivity index (χ1) is 5.90. The second kappa shape index (κ2) is 7.58. The third-order valence-corrected chi connectivity index (χ3v) is 1.36. The first-order valence-electron chi connectivity index (χ1n) is 2.96. The standard InChI is InChI=1S/C4HBF4N2O2.2K/c6-2-1-10-3(7)4(8,5(12)13)11(2)9;;/h1H;;/q-2;2*+1. The van der Waals surface area contributed by atoms with Gasteiger partial charge in [0.2, 0.25) is 17.6 Å². The van der Waals surface area contributed by atoms with Crippen molar-refractivity contribution >= 4 is 13.1 Å². The first kappa shape index (κ1) is 19.5. The van der Waals surface area contributed by atoms with Crippen LogP contribution in [-0.2, 0) is 0 Å². The van der Waals surface area contributed by atoms with Gasteiger partial charge in [-0.25, -0.2) is 9.38 Å². The van der Waals surface area contributed by atoms with Crippen LogP contribution in [0.5, 0.6) is 0 Å². The summed E-state index contributed by atoms with van der Waals surface area (Å²) in [7, 11) is -3.58. The summed E-state index contributed by atoms with van der Waals surface area (Å²) in [5.74, 6) is -4.15.